The maximum atomic E-state index is 11.1. The molecule has 0 bridgehead atoms. The number of nitrogens with zero attached hydrogens (tertiary/aromatic N) is 1. The summed E-state index contributed by atoms with van der Waals surface area (Å²) in [7, 11) is 0. The summed E-state index contributed by atoms with van der Waals surface area (Å²) in [4.78, 5) is 13.1. The Morgan fingerprint density at radius 1 is 1.39 bits per heavy atom. The standard InChI is InChI=1S/C14H23N3O/c1-10(2)8-17(9-14(16)18)13-5-4-12(7-15)11(3)6-13/h4-6,10H,7-9,15H2,1-3H3,(H2,16,18). The molecule has 0 aromatic heterocycles. The Morgan fingerprint density at radius 2 is 2.06 bits per heavy atom. The highest BCUT2D eigenvalue weighted by Gasteiger charge is 2.12. The molecule has 0 radical (unpaired) electrons. The van der Waals surface area contributed by atoms with E-state index in [1.54, 1.807) is 0 Å². The van der Waals surface area contributed by atoms with E-state index in [9.17, 15) is 4.79 Å². The molecule has 0 heterocycles. The number of anilines is 1. The van der Waals surface area contributed by atoms with Gasteiger partial charge in [-0.2, -0.15) is 0 Å². The van der Waals surface area contributed by atoms with Crippen LogP contribution in [-0.4, -0.2) is 19.0 Å². The zero-order valence-electron chi connectivity index (χ0n) is 11.4. The predicted molar refractivity (Wildman–Crippen MR) is 75.3 cm³/mol. The van der Waals surface area contributed by atoms with Gasteiger partial charge in [0.15, 0.2) is 0 Å². The fraction of sp³-hybridized carbons (Fsp3) is 0.500. The minimum atomic E-state index is -0.309. The van der Waals surface area contributed by atoms with Crippen LogP contribution >= 0.6 is 0 Å². The van der Waals surface area contributed by atoms with Crippen molar-refractivity contribution < 1.29 is 4.79 Å². The zero-order valence-corrected chi connectivity index (χ0v) is 11.4. The summed E-state index contributed by atoms with van der Waals surface area (Å²) in [5.41, 5.74) is 14.2. The topological polar surface area (TPSA) is 72.3 Å². The van der Waals surface area contributed by atoms with Gasteiger partial charge in [0, 0.05) is 18.8 Å². The van der Waals surface area contributed by atoms with Crippen molar-refractivity contribution in [1.82, 2.24) is 0 Å². The van der Waals surface area contributed by atoms with Crippen LogP contribution < -0.4 is 16.4 Å². The van der Waals surface area contributed by atoms with Crippen molar-refractivity contribution in [3.63, 3.8) is 0 Å². The van der Waals surface area contributed by atoms with E-state index in [-0.39, 0.29) is 12.5 Å². The van der Waals surface area contributed by atoms with E-state index in [1.807, 2.05) is 24.0 Å². The van der Waals surface area contributed by atoms with Crippen LogP contribution in [0.25, 0.3) is 0 Å². The fourth-order valence-corrected chi connectivity index (χ4v) is 2.00. The lowest BCUT2D eigenvalue weighted by Gasteiger charge is -2.26. The smallest absolute Gasteiger partial charge is 0.236 e. The van der Waals surface area contributed by atoms with Crippen molar-refractivity contribution in [1.29, 1.82) is 0 Å². The van der Waals surface area contributed by atoms with E-state index in [4.69, 9.17) is 11.5 Å². The van der Waals surface area contributed by atoms with Crippen LogP contribution in [0.15, 0.2) is 18.2 Å². The van der Waals surface area contributed by atoms with Crippen molar-refractivity contribution in [2.45, 2.75) is 27.3 Å². The lowest BCUT2D eigenvalue weighted by atomic mass is 10.1. The Labute approximate surface area is 109 Å². The summed E-state index contributed by atoms with van der Waals surface area (Å²) < 4.78 is 0. The number of carbonyl (C=O) groups excluding carboxylic acids is 1. The third kappa shape index (κ3) is 4.04. The number of hydrogen-bond acceptors (Lipinski definition) is 3. The summed E-state index contributed by atoms with van der Waals surface area (Å²) in [6.07, 6.45) is 0. The third-order valence-electron chi connectivity index (χ3n) is 2.84. The normalized spacial score (nSPS) is 10.7. The molecule has 1 amide bonds. The molecular weight excluding hydrogens is 226 g/mol. The third-order valence-corrected chi connectivity index (χ3v) is 2.84. The van der Waals surface area contributed by atoms with Crippen molar-refractivity contribution >= 4 is 11.6 Å². The van der Waals surface area contributed by atoms with Gasteiger partial charge in [-0.3, -0.25) is 4.79 Å². The highest BCUT2D eigenvalue weighted by atomic mass is 16.1. The Hall–Kier alpha value is -1.55. The van der Waals surface area contributed by atoms with Crippen molar-refractivity contribution in [3.05, 3.63) is 29.3 Å². The summed E-state index contributed by atoms with van der Waals surface area (Å²) in [6, 6.07) is 6.08. The number of hydrogen-bond donors (Lipinski definition) is 2. The summed E-state index contributed by atoms with van der Waals surface area (Å²) in [5, 5.41) is 0. The maximum absolute atomic E-state index is 11.1. The molecule has 4 N–H and O–H groups in total. The summed E-state index contributed by atoms with van der Waals surface area (Å²) in [5.74, 6) is 0.162. The van der Waals surface area contributed by atoms with E-state index in [1.165, 1.54) is 0 Å². The molecule has 0 unspecified atom stereocenters. The first-order valence-corrected chi connectivity index (χ1v) is 6.27. The molecule has 18 heavy (non-hydrogen) atoms. The molecule has 0 saturated heterocycles. The van der Waals surface area contributed by atoms with Crippen LogP contribution in [0, 0.1) is 12.8 Å². The monoisotopic (exact) mass is 249 g/mol. The van der Waals surface area contributed by atoms with Crippen molar-refractivity contribution in [3.8, 4) is 0 Å². The summed E-state index contributed by atoms with van der Waals surface area (Å²) in [6.45, 7) is 7.86. The van der Waals surface area contributed by atoms with Gasteiger partial charge in [0.25, 0.3) is 0 Å². The first-order chi connectivity index (χ1) is 8.43. The van der Waals surface area contributed by atoms with Gasteiger partial charge in [-0.05, 0) is 36.1 Å². The molecule has 0 aliphatic heterocycles. The Bertz CT molecular complexity index is 416. The van der Waals surface area contributed by atoms with Gasteiger partial charge in [-0.25, -0.2) is 0 Å². The van der Waals surface area contributed by atoms with Crippen LogP contribution in [0.4, 0.5) is 5.69 Å². The molecule has 100 valence electrons. The molecule has 4 heteroatoms. The minimum absolute atomic E-state index is 0.250. The Balaban J connectivity index is 2.97. The molecule has 0 saturated carbocycles. The van der Waals surface area contributed by atoms with Crippen molar-refractivity contribution in [2.24, 2.45) is 17.4 Å². The number of primary amides is 1. The van der Waals surface area contributed by atoms with Gasteiger partial charge in [0.2, 0.25) is 5.91 Å². The van der Waals surface area contributed by atoms with Crippen LogP contribution in [0.5, 0.6) is 0 Å². The summed E-state index contributed by atoms with van der Waals surface area (Å²) >= 11 is 0. The maximum Gasteiger partial charge on any atom is 0.236 e. The second-order valence-electron chi connectivity index (χ2n) is 5.06. The molecule has 0 spiro atoms. The average Bonchev–Trinajstić information content (AvgIpc) is 2.26. The number of carbonyl (C=O) groups is 1. The first-order valence-electron chi connectivity index (χ1n) is 6.27. The van der Waals surface area contributed by atoms with Crippen LogP contribution in [-0.2, 0) is 11.3 Å². The van der Waals surface area contributed by atoms with E-state index in [2.05, 4.69) is 19.9 Å². The van der Waals surface area contributed by atoms with Crippen LogP contribution in [0.2, 0.25) is 0 Å². The Morgan fingerprint density at radius 3 is 2.50 bits per heavy atom. The molecule has 0 aliphatic rings. The minimum Gasteiger partial charge on any atom is -0.368 e. The van der Waals surface area contributed by atoms with Crippen molar-refractivity contribution in [2.75, 3.05) is 18.0 Å². The van der Waals surface area contributed by atoms with E-state index < -0.39 is 0 Å². The predicted octanol–water partition coefficient (Wildman–Crippen LogP) is 1.40. The van der Waals surface area contributed by atoms with E-state index in [0.29, 0.717) is 12.5 Å². The first kappa shape index (κ1) is 14.5. The lowest BCUT2D eigenvalue weighted by Crippen LogP contribution is -2.36. The molecule has 4 nitrogen and oxygen atoms in total. The number of aryl methyl sites for hydroxylation is 1. The molecule has 1 aromatic carbocycles. The number of rotatable bonds is 6. The molecule has 0 fully saturated rings. The highest BCUT2D eigenvalue weighted by Crippen LogP contribution is 2.20. The van der Waals surface area contributed by atoms with Gasteiger partial charge in [0.05, 0.1) is 6.54 Å². The molecule has 1 aromatic rings. The SMILES string of the molecule is Cc1cc(N(CC(N)=O)CC(C)C)ccc1CN. The van der Waals surface area contributed by atoms with Gasteiger partial charge in [-0.1, -0.05) is 19.9 Å². The van der Waals surface area contributed by atoms with Gasteiger partial charge in [0.1, 0.15) is 0 Å². The van der Waals surface area contributed by atoms with Crippen LogP contribution in [0.1, 0.15) is 25.0 Å². The average molecular weight is 249 g/mol. The van der Waals surface area contributed by atoms with E-state index in [0.717, 1.165) is 23.4 Å². The second-order valence-corrected chi connectivity index (χ2v) is 5.06. The van der Waals surface area contributed by atoms with Gasteiger partial charge < -0.3 is 16.4 Å². The van der Waals surface area contributed by atoms with Gasteiger partial charge >= 0.3 is 0 Å². The molecule has 1 rings (SSSR count). The zero-order chi connectivity index (χ0) is 13.7. The molecular formula is C14H23N3O. The number of amides is 1. The van der Waals surface area contributed by atoms with Gasteiger partial charge in [-0.15, -0.1) is 0 Å². The van der Waals surface area contributed by atoms with Crippen LogP contribution in [0.3, 0.4) is 0 Å². The fourth-order valence-electron chi connectivity index (χ4n) is 2.00. The lowest BCUT2D eigenvalue weighted by molar-refractivity contribution is -0.116. The number of benzene rings is 1. The highest BCUT2D eigenvalue weighted by molar-refractivity contribution is 5.79. The van der Waals surface area contributed by atoms with E-state index >= 15 is 0 Å². The largest absolute Gasteiger partial charge is 0.368 e. The molecule has 0 aliphatic carbocycles. The Kier molecular flexibility index (Phi) is 5.16. The molecule has 0 atom stereocenters. The quantitative estimate of drug-likeness (QED) is 0.800. The second kappa shape index (κ2) is 6.40. The number of nitrogens with two attached hydrogens (primary N) is 2.